The number of nitrogens with one attached hydrogen (secondary N) is 1. The molecule has 0 aromatic carbocycles. The van der Waals surface area contributed by atoms with E-state index >= 15 is 0 Å². The van der Waals surface area contributed by atoms with Crippen molar-refractivity contribution < 1.29 is 4.74 Å². The number of nitrogens with zero attached hydrogens (tertiary/aromatic N) is 1. The molecule has 98 valence electrons. The average molecular weight is 256 g/mol. The first-order valence-corrected chi connectivity index (χ1v) is 7.10. The minimum atomic E-state index is 0.817. The van der Waals surface area contributed by atoms with Crippen LogP contribution in [0.4, 0.5) is 0 Å². The Morgan fingerprint density at radius 2 is 2.24 bits per heavy atom. The lowest BCUT2D eigenvalue weighted by Gasteiger charge is -2.19. The average Bonchev–Trinajstić information content (AvgIpc) is 2.74. The Labute approximate surface area is 109 Å². The molecule has 0 radical (unpaired) electrons. The quantitative estimate of drug-likeness (QED) is 0.685. The molecule has 0 saturated heterocycles. The minimum absolute atomic E-state index is 0.817. The molecule has 0 spiro atoms. The smallest absolute Gasteiger partial charge is 0.0589 e. The Hall–Kier alpha value is -0.420. The number of hydrogen-bond acceptors (Lipinski definition) is 4. The maximum Gasteiger partial charge on any atom is 0.0589 e. The van der Waals surface area contributed by atoms with E-state index in [2.05, 4.69) is 35.5 Å². The Balaban J connectivity index is 2.12. The third kappa shape index (κ3) is 5.64. The van der Waals surface area contributed by atoms with Gasteiger partial charge in [0.1, 0.15) is 0 Å². The summed E-state index contributed by atoms with van der Waals surface area (Å²) in [6, 6.07) is 2.18. The van der Waals surface area contributed by atoms with Gasteiger partial charge in [-0.05, 0) is 30.5 Å². The summed E-state index contributed by atoms with van der Waals surface area (Å²) in [5.41, 5.74) is 1.40. The second-order valence-corrected chi connectivity index (χ2v) is 5.13. The van der Waals surface area contributed by atoms with Gasteiger partial charge in [0.15, 0.2) is 0 Å². The zero-order valence-corrected chi connectivity index (χ0v) is 12.0. The van der Waals surface area contributed by atoms with Gasteiger partial charge in [-0.25, -0.2) is 0 Å². The van der Waals surface area contributed by atoms with Crippen molar-refractivity contribution >= 4 is 11.3 Å². The van der Waals surface area contributed by atoms with E-state index in [-0.39, 0.29) is 0 Å². The van der Waals surface area contributed by atoms with Gasteiger partial charge in [0, 0.05) is 38.2 Å². The highest BCUT2D eigenvalue weighted by atomic mass is 32.1. The van der Waals surface area contributed by atoms with Gasteiger partial charge in [0.2, 0.25) is 0 Å². The second-order valence-electron chi connectivity index (χ2n) is 4.13. The zero-order chi connectivity index (χ0) is 12.5. The Kier molecular flexibility index (Phi) is 7.44. The van der Waals surface area contributed by atoms with E-state index in [0.717, 1.165) is 39.3 Å². The molecule has 0 bridgehead atoms. The lowest BCUT2D eigenvalue weighted by Crippen LogP contribution is -2.34. The van der Waals surface area contributed by atoms with Crippen molar-refractivity contribution in [2.45, 2.75) is 20.4 Å². The van der Waals surface area contributed by atoms with E-state index < -0.39 is 0 Å². The van der Waals surface area contributed by atoms with Crippen molar-refractivity contribution in [1.29, 1.82) is 0 Å². The van der Waals surface area contributed by atoms with Crippen molar-refractivity contribution in [3.05, 3.63) is 21.9 Å². The number of ether oxygens (including phenoxy) is 1. The predicted molar refractivity (Wildman–Crippen MR) is 74.8 cm³/mol. The highest BCUT2D eigenvalue weighted by Crippen LogP contribution is 2.14. The van der Waals surface area contributed by atoms with Gasteiger partial charge in [-0.15, -0.1) is 11.3 Å². The molecule has 1 N–H and O–H groups in total. The van der Waals surface area contributed by atoms with E-state index in [1.165, 1.54) is 10.4 Å². The molecule has 1 rings (SSSR count). The van der Waals surface area contributed by atoms with Gasteiger partial charge in [0.25, 0.3) is 0 Å². The van der Waals surface area contributed by atoms with Crippen LogP contribution in [-0.4, -0.2) is 44.8 Å². The van der Waals surface area contributed by atoms with Crippen LogP contribution in [-0.2, 0) is 11.3 Å². The van der Waals surface area contributed by atoms with Gasteiger partial charge in [-0.2, -0.15) is 0 Å². The van der Waals surface area contributed by atoms with Gasteiger partial charge in [-0.1, -0.05) is 6.92 Å². The molecule has 1 aromatic heterocycles. The van der Waals surface area contributed by atoms with Crippen LogP contribution in [0.2, 0.25) is 0 Å². The molecule has 0 fully saturated rings. The fourth-order valence-electron chi connectivity index (χ4n) is 1.67. The van der Waals surface area contributed by atoms with Crippen molar-refractivity contribution in [2.24, 2.45) is 0 Å². The summed E-state index contributed by atoms with van der Waals surface area (Å²) >= 11 is 1.83. The lowest BCUT2D eigenvalue weighted by molar-refractivity contribution is 0.151. The summed E-state index contributed by atoms with van der Waals surface area (Å²) in [7, 11) is 1.76. The lowest BCUT2D eigenvalue weighted by atomic mass is 10.3. The Bertz CT molecular complexity index is 301. The minimum Gasteiger partial charge on any atom is -0.383 e. The molecule has 0 aliphatic rings. The molecule has 0 aliphatic carbocycles. The SMILES string of the molecule is CCN(CCNCc1sccc1C)CCOC. The van der Waals surface area contributed by atoms with Crippen molar-refractivity contribution in [3.63, 3.8) is 0 Å². The van der Waals surface area contributed by atoms with Gasteiger partial charge >= 0.3 is 0 Å². The Morgan fingerprint density at radius 1 is 1.41 bits per heavy atom. The van der Waals surface area contributed by atoms with Crippen molar-refractivity contribution in [2.75, 3.05) is 39.9 Å². The van der Waals surface area contributed by atoms with Crippen LogP contribution in [0.15, 0.2) is 11.4 Å². The first kappa shape index (κ1) is 14.6. The molecular formula is C13H24N2OS. The van der Waals surface area contributed by atoms with E-state index in [1.807, 2.05) is 11.3 Å². The molecule has 0 amide bonds. The number of aryl methyl sites for hydroxylation is 1. The van der Waals surface area contributed by atoms with Gasteiger partial charge in [-0.3, -0.25) is 0 Å². The van der Waals surface area contributed by atoms with Crippen molar-refractivity contribution in [3.8, 4) is 0 Å². The summed E-state index contributed by atoms with van der Waals surface area (Å²) in [6.45, 7) is 10.4. The third-order valence-electron chi connectivity index (χ3n) is 2.92. The molecule has 0 atom stereocenters. The molecule has 0 saturated carbocycles. The van der Waals surface area contributed by atoms with Gasteiger partial charge in [0.05, 0.1) is 6.61 Å². The number of thiophene rings is 1. The fourth-order valence-corrected chi connectivity index (χ4v) is 2.55. The molecule has 4 heteroatoms. The Morgan fingerprint density at radius 3 is 2.82 bits per heavy atom. The van der Waals surface area contributed by atoms with Crippen LogP contribution in [0.3, 0.4) is 0 Å². The van der Waals surface area contributed by atoms with Crippen LogP contribution in [0.1, 0.15) is 17.4 Å². The van der Waals surface area contributed by atoms with Crippen LogP contribution in [0.25, 0.3) is 0 Å². The standard InChI is InChI=1S/C13H24N2OS/c1-4-15(8-9-16-3)7-6-14-11-13-12(2)5-10-17-13/h5,10,14H,4,6-9,11H2,1-3H3. The monoisotopic (exact) mass is 256 g/mol. The summed E-state index contributed by atoms with van der Waals surface area (Å²) < 4.78 is 5.09. The van der Waals surface area contributed by atoms with Crippen molar-refractivity contribution in [1.82, 2.24) is 10.2 Å². The number of hydrogen-bond donors (Lipinski definition) is 1. The third-order valence-corrected chi connectivity index (χ3v) is 3.94. The van der Waals surface area contributed by atoms with Crippen LogP contribution >= 0.6 is 11.3 Å². The summed E-state index contributed by atoms with van der Waals surface area (Å²) in [4.78, 5) is 3.85. The molecule has 1 heterocycles. The topological polar surface area (TPSA) is 24.5 Å². The largest absolute Gasteiger partial charge is 0.383 e. The van der Waals surface area contributed by atoms with Crippen LogP contribution in [0, 0.1) is 6.92 Å². The molecule has 17 heavy (non-hydrogen) atoms. The summed E-state index contributed by atoms with van der Waals surface area (Å²) in [5.74, 6) is 0. The molecule has 0 aliphatic heterocycles. The van der Waals surface area contributed by atoms with E-state index in [1.54, 1.807) is 7.11 Å². The number of likely N-dealkylation sites (N-methyl/N-ethyl adjacent to an activating group) is 1. The normalized spacial score (nSPS) is 11.3. The zero-order valence-electron chi connectivity index (χ0n) is 11.2. The first-order valence-electron chi connectivity index (χ1n) is 6.23. The highest BCUT2D eigenvalue weighted by molar-refractivity contribution is 7.10. The van der Waals surface area contributed by atoms with E-state index in [9.17, 15) is 0 Å². The maximum atomic E-state index is 5.09. The second kappa shape index (κ2) is 8.64. The van der Waals surface area contributed by atoms with Gasteiger partial charge < -0.3 is 15.0 Å². The predicted octanol–water partition coefficient (Wildman–Crippen LogP) is 2.11. The summed E-state index contributed by atoms with van der Waals surface area (Å²) in [6.07, 6.45) is 0. The van der Waals surface area contributed by atoms with E-state index in [0.29, 0.717) is 0 Å². The number of rotatable bonds is 9. The maximum absolute atomic E-state index is 5.09. The van der Waals surface area contributed by atoms with E-state index in [4.69, 9.17) is 4.74 Å². The summed E-state index contributed by atoms with van der Waals surface area (Å²) in [5, 5.41) is 5.65. The van der Waals surface area contributed by atoms with Crippen LogP contribution < -0.4 is 5.32 Å². The molecular weight excluding hydrogens is 232 g/mol. The molecule has 1 aromatic rings. The number of methoxy groups -OCH3 is 1. The highest BCUT2D eigenvalue weighted by Gasteiger charge is 2.02. The molecule has 0 unspecified atom stereocenters. The fraction of sp³-hybridized carbons (Fsp3) is 0.692. The first-order chi connectivity index (χ1) is 8.27. The molecule has 3 nitrogen and oxygen atoms in total. The van der Waals surface area contributed by atoms with Crippen LogP contribution in [0.5, 0.6) is 0 Å².